The number of rotatable bonds is 7. The molecule has 1 aromatic rings. The normalized spacial score (nSPS) is 16.5. The lowest BCUT2D eigenvalue weighted by atomic mass is 10.1. The van der Waals surface area contributed by atoms with Crippen LogP contribution in [0.15, 0.2) is 17.0 Å². The highest BCUT2D eigenvalue weighted by Crippen LogP contribution is 2.26. The van der Waals surface area contributed by atoms with E-state index >= 15 is 0 Å². The van der Waals surface area contributed by atoms with Crippen LogP contribution in [0.25, 0.3) is 0 Å². The molecule has 1 fully saturated rings. The van der Waals surface area contributed by atoms with Crippen LogP contribution in [0, 0.1) is 13.8 Å². The summed E-state index contributed by atoms with van der Waals surface area (Å²) < 4.78 is 38.2. The molecule has 0 bridgehead atoms. The summed E-state index contributed by atoms with van der Waals surface area (Å²) in [5, 5.41) is 0. The van der Waals surface area contributed by atoms with Crippen molar-refractivity contribution in [2.75, 3.05) is 46.5 Å². The standard InChI is InChI=1S/C16H26N2O4S/c1-13-14(2)16(6-5-15(13)21-3)23(19,20)17-7-4-8-18-9-11-22-12-10-18/h5-6,17H,4,7-12H2,1-3H3/p+1. The molecule has 0 amide bonds. The average Bonchev–Trinajstić information content (AvgIpc) is 2.55. The van der Waals surface area contributed by atoms with Crippen LogP contribution < -0.4 is 14.4 Å². The van der Waals surface area contributed by atoms with Gasteiger partial charge in [0, 0.05) is 13.0 Å². The second kappa shape index (κ2) is 8.10. The fourth-order valence-corrected chi connectivity index (χ4v) is 4.19. The molecular formula is C16H27N2O4S+. The smallest absolute Gasteiger partial charge is 0.240 e. The van der Waals surface area contributed by atoms with Crippen LogP contribution in [0.3, 0.4) is 0 Å². The summed E-state index contributed by atoms with van der Waals surface area (Å²) in [7, 11) is -1.90. The van der Waals surface area contributed by atoms with Crippen molar-refractivity contribution in [3.63, 3.8) is 0 Å². The van der Waals surface area contributed by atoms with Gasteiger partial charge in [-0.3, -0.25) is 0 Å². The molecule has 0 aromatic heterocycles. The molecule has 0 spiro atoms. The third-order valence-corrected chi connectivity index (χ3v) is 6.00. The lowest BCUT2D eigenvalue weighted by molar-refractivity contribution is -0.908. The molecule has 130 valence electrons. The van der Waals surface area contributed by atoms with Crippen molar-refractivity contribution in [1.29, 1.82) is 0 Å². The monoisotopic (exact) mass is 343 g/mol. The second-order valence-electron chi connectivity index (χ2n) is 5.88. The summed E-state index contributed by atoms with van der Waals surface area (Å²) in [6, 6.07) is 3.31. The number of hydrogen-bond acceptors (Lipinski definition) is 4. The molecule has 1 heterocycles. The maximum Gasteiger partial charge on any atom is 0.240 e. The molecule has 0 radical (unpaired) electrons. The molecule has 7 heteroatoms. The number of morpholine rings is 1. The van der Waals surface area contributed by atoms with Crippen LogP contribution in [-0.4, -0.2) is 54.9 Å². The van der Waals surface area contributed by atoms with Crippen molar-refractivity contribution < 1.29 is 22.8 Å². The zero-order chi connectivity index (χ0) is 16.9. The molecule has 0 saturated carbocycles. The first-order valence-electron chi connectivity index (χ1n) is 8.01. The van der Waals surface area contributed by atoms with Gasteiger partial charge in [0.15, 0.2) is 0 Å². The van der Waals surface area contributed by atoms with Gasteiger partial charge in [0.05, 0.1) is 31.8 Å². The largest absolute Gasteiger partial charge is 0.496 e. The predicted molar refractivity (Wildman–Crippen MR) is 88.7 cm³/mol. The van der Waals surface area contributed by atoms with Crippen molar-refractivity contribution in [2.24, 2.45) is 0 Å². The zero-order valence-corrected chi connectivity index (χ0v) is 15.0. The van der Waals surface area contributed by atoms with Crippen molar-refractivity contribution in [2.45, 2.75) is 25.2 Å². The van der Waals surface area contributed by atoms with Crippen LogP contribution >= 0.6 is 0 Å². The lowest BCUT2D eigenvalue weighted by Gasteiger charge is -2.23. The fraction of sp³-hybridized carbons (Fsp3) is 0.625. The minimum atomic E-state index is -3.48. The van der Waals surface area contributed by atoms with E-state index in [4.69, 9.17) is 9.47 Å². The predicted octanol–water partition coefficient (Wildman–Crippen LogP) is -0.104. The molecule has 1 saturated heterocycles. The van der Waals surface area contributed by atoms with E-state index in [1.165, 1.54) is 4.90 Å². The van der Waals surface area contributed by atoms with Crippen LogP contribution in [-0.2, 0) is 14.8 Å². The van der Waals surface area contributed by atoms with E-state index in [2.05, 4.69) is 4.72 Å². The van der Waals surface area contributed by atoms with Crippen molar-refractivity contribution in [3.8, 4) is 5.75 Å². The second-order valence-corrected chi connectivity index (χ2v) is 7.62. The Morgan fingerprint density at radius 2 is 1.91 bits per heavy atom. The molecule has 6 nitrogen and oxygen atoms in total. The minimum Gasteiger partial charge on any atom is -0.496 e. The van der Waals surface area contributed by atoms with E-state index in [1.54, 1.807) is 19.2 Å². The van der Waals surface area contributed by atoms with Gasteiger partial charge in [-0.2, -0.15) is 0 Å². The number of quaternary nitrogens is 1. The topological polar surface area (TPSA) is 69.1 Å². The summed E-state index contributed by atoms with van der Waals surface area (Å²) in [5.74, 6) is 0.706. The van der Waals surface area contributed by atoms with Gasteiger partial charge < -0.3 is 14.4 Å². The Labute approximate surface area is 138 Å². The number of ether oxygens (including phenoxy) is 2. The zero-order valence-electron chi connectivity index (χ0n) is 14.1. The SMILES string of the molecule is COc1ccc(S(=O)(=O)NCCC[NH+]2CCOCC2)c(C)c1C. The van der Waals surface area contributed by atoms with Gasteiger partial charge in [-0.05, 0) is 37.1 Å². The number of nitrogens with one attached hydrogen (secondary N) is 2. The van der Waals surface area contributed by atoms with Crippen LogP contribution in [0.2, 0.25) is 0 Å². The van der Waals surface area contributed by atoms with Crippen molar-refractivity contribution >= 4 is 10.0 Å². The quantitative estimate of drug-likeness (QED) is 0.678. The first-order valence-corrected chi connectivity index (χ1v) is 9.49. The Bertz CT molecular complexity index is 625. The molecule has 23 heavy (non-hydrogen) atoms. The Balaban J connectivity index is 1.92. The summed E-state index contributed by atoms with van der Waals surface area (Å²) in [6.07, 6.45) is 0.822. The van der Waals surface area contributed by atoms with Gasteiger partial charge in [-0.25, -0.2) is 13.1 Å². The fourth-order valence-electron chi connectivity index (χ4n) is 2.82. The number of sulfonamides is 1. The molecule has 0 atom stereocenters. The minimum absolute atomic E-state index is 0.328. The van der Waals surface area contributed by atoms with Gasteiger partial charge in [-0.15, -0.1) is 0 Å². The van der Waals surface area contributed by atoms with E-state index in [-0.39, 0.29) is 0 Å². The van der Waals surface area contributed by atoms with E-state index in [0.29, 0.717) is 17.2 Å². The molecule has 1 aliphatic heterocycles. The lowest BCUT2D eigenvalue weighted by Crippen LogP contribution is -3.14. The summed E-state index contributed by atoms with van der Waals surface area (Å²) in [4.78, 5) is 1.81. The Kier molecular flexibility index (Phi) is 6.41. The van der Waals surface area contributed by atoms with Crippen molar-refractivity contribution in [3.05, 3.63) is 23.3 Å². The molecule has 0 aliphatic carbocycles. The highest BCUT2D eigenvalue weighted by Gasteiger charge is 2.19. The van der Waals surface area contributed by atoms with Crippen LogP contribution in [0.5, 0.6) is 5.75 Å². The first kappa shape index (κ1) is 18.2. The molecule has 2 N–H and O–H groups in total. The number of methoxy groups -OCH3 is 1. The van der Waals surface area contributed by atoms with Gasteiger partial charge in [0.1, 0.15) is 18.8 Å². The van der Waals surface area contributed by atoms with Gasteiger partial charge in [0.2, 0.25) is 10.0 Å². The van der Waals surface area contributed by atoms with E-state index in [9.17, 15) is 8.42 Å². The molecule has 2 rings (SSSR count). The summed E-state index contributed by atoms with van der Waals surface area (Å²) in [5.41, 5.74) is 1.59. The highest BCUT2D eigenvalue weighted by molar-refractivity contribution is 7.89. The number of benzene rings is 1. The summed E-state index contributed by atoms with van der Waals surface area (Å²) in [6.45, 7) is 8.70. The van der Waals surface area contributed by atoms with E-state index < -0.39 is 10.0 Å². The van der Waals surface area contributed by atoms with Gasteiger partial charge in [-0.1, -0.05) is 0 Å². The van der Waals surface area contributed by atoms with E-state index in [1.807, 2.05) is 13.8 Å². The van der Waals surface area contributed by atoms with Crippen molar-refractivity contribution in [1.82, 2.24) is 4.72 Å². The average molecular weight is 343 g/mol. The molecule has 1 aliphatic rings. The van der Waals surface area contributed by atoms with Crippen LogP contribution in [0.4, 0.5) is 0 Å². The molecule has 0 unspecified atom stereocenters. The van der Waals surface area contributed by atoms with Crippen LogP contribution in [0.1, 0.15) is 17.5 Å². The Morgan fingerprint density at radius 3 is 2.57 bits per heavy atom. The Morgan fingerprint density at radius 1 is 1.22 bits per heavy atom. The molecular weight excluding hydrogens is 316 g/mol. The van der Waals surface area contributed by atoms with Gasteiger partial charge >= 0.3 is 0 Å². The maximum absolute atomic E-state index is 12.5. The first-order chi connectivity index (χ1) is 11.0. The summed E-state index contributed by atoms with van der Waals surface area (Å²) >= 11 is 0. The molecule has 1 aromatic carbocycles. The Hall–Kier alpha value is -1.15. The third-order valence-electron chi connectivity index (χ3n) is 4.40. The van der Waals surface area contributed by atoms with E-state index in [0.717, 1.165) is 50.4 Å². The van der Waals surface area contributed by atoms with Gasteiger partial charge in [0.25, 0.3) is 0 Å². The number of hydrogen-bond donors (Lipinski definition) is 2. The third kappa shape index (κ3) is 4.67. The maximum atomic E-state index is 12.5. The highest BCUT2D eigenvalue weighted by atomic mass is 32.2.